The minimum Gasteiger partial charge on any atom is -0.492 e. The molecule has 0 aromatic carbocycles. The first kappa shape index (κ1) is 16.5. The van der Waals surface area contributed by atoms with Gasteiger partial charge in [0.05, 0.1) is 30.0 Å². The molecule has 0 radical (unpaired) electrons. The number of nitrogens with one attached hydrogen (secondary N) is 1. The minimum atomic E-state index is -0.343. The summed E-state index contributed by atoms with van der Waals surface area (Å²) in [5.41, 5.74) is 0.730. The van der Waals surface area contributed by atoms with Gasteiger partial charge in [0.15, 0.2) is 0 Å². The monoisotopic (exact) mass is 275 g/mol. The third kappa shape index (κ3) is 6.53. The van der Waals surface area contributed by atoms with Gasteiger partial charge < -0.3 is 10.1 Å². The zero-order valence-corrected chi connectivity index (χ0v) is 13.2. The largest absolute Gasteiger partial charge is 0.492 e. The van der Waals surface area contributed by atoms with Gasteiger partial charge in [0.25, 0.3) is 0 Å². The number of nitrogens with zero attached hydrogens (tertiary/aromatic N) is 2. The second-order valence-electron chi connectivity index (χ2n) is 6.68. The van der Waals surface area contributed by atoms with E-state index in [0.29, 0.717) is 13.0 Å². The minimum absolute atomic E-state index is 0.0831. The fourth-order valence-electron chi connectivity index (χ4n) is 1.44. The molecule has 0 saturated heterocycles. The Morgan fingerprint density at radius 3 is 2.45 bits per heavy atom. The fraction of sp³-hybridized carbons (Fsp3) is 0.625. The lowest BCUT2D eigenvalue weighted by Gasteiger charge is -2.20. The molecule has 110 valence electrons. The quantitative estimate of drug-likeness (QED) is 0.865. The van der Waals surface area contributed by atoms with Gasteiger partial charge in [0, 0.05) is 12.1 Å². The van der Waals surface area contributed by atoms with E-state index in [0.717, 1.165) is 18.0 Å². The third-order valence-electron chi connectivity index (χ3n) is 2.90. The van der Waals surface area contributed by atoms with Crippen molar-refractivity contribution in [2.24, 2.45) is 5.41 Å². The van der Waals surface area contributed by atoms with Crippen LogP contribution in [0.1, 0.15) is 46.7 Å². The van der Waals surface area contributed by atoms with Gasteiger partial charge in [0.1, 0.15) is 5.75 Å². The van der Waals surface area contributed by atoms with Gasteiger partial charge in [0.2, 0.25) is 0 Å². The first-order valence-electron chi connectivity index (χ1n) is 6.96. The molecule has 0 amide bonds. The molecule has 1 aromatic rings. The van der Waals surface area contributed by atoms with Gasteiger partial charge in [-0.1, -0.05) is 0 Å². The lowest BCUT2D eigenvalue weighted by Crippen LogP contribution is -2.35. The van der Waals surface area contributed by atoms with Gasteiger partial charge in [-0.05, 0) is 53.2 Å². The smallest absolute Gasteiger partial charge is 0.137 e. The van der Waals surface area contributed by atoms with Crippen LogP contribution in [0.3, 0.4) is 0 Å². The van der Waals surface area contributed by atoms with Crippen LogP contribution in [0, 0.1) is 16.7 Å². The highest BCUT2D eigenvalue weighted by molar-refractivity contribution is 5.20. The van der Waals surface area contributed by atoms with Gasteiger partial charge in [-0.25, -0.2) is 0 Å². The SMILES string of the molecule is CC(C)(C#N)CCOc1ccc(CNC(C)(C)C)nc1. The average Bonchev–Trinajstić information content (AvgIpc) is 2.37. The highest BCUT2D eigenvalue weighted by Gasteiger charge is 2.16. The topological polar surface area (TPSA) is 57.9 Å². The average molecular weight is 275 g/mol. The lowest BCUT2D eigenvalue weighted by atomic mass is 9.92. The highest BCUT2D eigenvalue weighted by atomic mass is 16.5. The molecule has 0 fully saturated rings. The molecule has 1 N–H and O–H groups in total. The molecular formula is C16H25N3O. The molecule has 4 heteroatoms. The van der Waals surface area contributed by atoms with E-state index >= 15 is 0 Å². The Morgan fingerprint density at radius 1 is 1.25 bits per heavy atom. The molecule has 0 spiro atoms. The van der Waals surface area contributed by atoms with Crippen LogP contribution >= 0.6 is 0 Å². The summed E-state index contributed by atoms with van der Waals surface area (Å²) in [7, 11) is 0. The summed E-state index contributed by atoms with van der Waals surface area (Å²) in [6, 6.07) is 6.15. The number of hydrogen-bond acceptors (Lipinski definition) is 4. The van der Waals surface area contributed by atoms with Crippen LogP contribution in [0.25, 0.3) is 0 Å². The predicted octanol–water partition coefficient (Wildman–Crippen LogP) is 3.29. The maximum Gasteiger partial charge on any atom is 0.137 e. The Hall–Kier alpha value is -1.60. The number of ether oxygens (including phenoxy) is 1. The van der Waals surface area contributed by atoms with E-state index in [9.17, 15) is 0 Å². The Morgan fingerprint density at radius 2 is 1.95 bits per heavy atom. The zero-order valence-electron chi connectivity index (χ0n) is 13.2. The Kier molecular flexibility index (Phi) is 5.52. The van der Waals surface area contributed by atoms with Crippen molar-refractivity contribution < 1.29 is 4.74 Å². The van der Waals surface area contributed by atoms with Crippen molar-refractivity contribution in [2.45, 2.75) is 53.1 Å². The summed E-state index contributed by atoms with van der Waals surface area (Å²) in [5, 5.41) is 12.3. The first-order valence-corrected chi connectivity index (χ1v) is 6.96. The van der Waals surface area contributed by atoms with E-state index in [1.807, 2.05) is 26.0 Å². The van der Waals surface area contributed by atoms with Crippen molar-refractivity contribution in [2.75, 3.05) is 6.61 Å². The van der Waals surface area contributed by atoms with Crippen molar-refractivity contribution >= 4 is 0 Å². The Bertz CT molecular complexity index is 452. The van der Waals surface area contributed by atoms with Crippen molar-refractivity contribution in [1.29, 1.82) is 5.26 Å². The fourth-order valence-corrected chi connectivity index (χ4v) is 1.44. The number of aromatic nitrogens is 1. The molecule has 1 heterocycles. The van der Waals surface area contributed by atoms with Crippen LogP contribution in [0.5, 0.6) is 5.75 Å². The first-order chi connectivity index (χ1) is 9.22. The molecule has 0 aliphatic heterocycles. The normalized spacial score (nSPS) is 12.0. The lowest BCUT2D eigenvalue weighted by molar-refractivity contribution is 0.263. The summed E-state index contributed by atoms with van der Waals surface area (Å²) in [6.07, 6.45) is 2.44. The van der Waals surface area contributed by atoms with E-state index in [1.165, 1.54) is 0 Å². The maximum atomic E-state index is 8.93. The van der Waals surface area contributed by atoms with Gasteiger partial charge in [-0.2, -0.15) is 5.26 Å². The number of rotatable bonds is 6. The molecule has 4 nitrogen and oxygen atoms in total. The van der Waals surface area contributed by atoms with Crippen LogP contribution < -0.4 is 10.1 Å². The molecule has 1 aromatic heterocycles. The van der Waals surface area contributed by atoms with E-state index in [2.05, 4.69) is 37.1 Å². The van der Waals surface area contributed by atoms with E-state index in [-0.39, 0.29) is 11.0 Å². The van der Waals surface area contributed by atoms with Crippen molar-refractivity contribution in [3.05, 3.63) is 24.0 Å². The molecule has 0 aliphatic carbocycles. The van der Waals surface area contributed by atoms with Crippen LogP contribution in [0.15, 0.2) is 18.3 Å². The number of pyridine rings is 1. The maximum absolute atomic E-state index is 8.93. The molecule has 0 bridgehead atoms. The van der Waals surface area contributed by atoms with Crippen molar-refractivity contribution in [3.8, 4) is 11.8 Å². The van der Waals surface area contributed by atoms with Crippen LogP contribution in [0.4, 0.5) is 0 Å². The second-order valence-corrected chi connectivity index (χ2v) is 6.68. The second kappa shape index (κ2) is 6.71. The van der Waals surface area contributed by atoms with Crippen LogP contribution in [-0.4, -0.2) is 17.1 Å². The Labute approximate surface area is 122 Å². The van der Waals surface area contributed by atoms with Gasteiger partial charge in [-0.15, -0.1) is 0 Å². The molecular weight excluding hydrogens is 250 g/mol. The molecule has 1 rings (SSSR count). The molecule has 20 heavy (non-hydrogen) atoms. The standard InChI is InChI=1S/C16H25N3O/c1-15(2,3)19-10-13-6-7-14(11-18-13)20-9-8-16(4,5)12-17/h6-7,11,19H,8-10H2,1-5H3. The summed E-state index contributed by atoms with van der Waals surface area (Å²) in [4.78, 5) is 4.36. The molecule has 0 atom stereocenters. The Balaban J connectivity index is 2.42. The summed E-state index contributed by atoms with van der Waals surface area (Å²) in [5.74, 6) is 0.748. The van der Waals surface area contributed by atoms with E-state index in [4.69, 9.17) is 10.00 Å². The van der Waals surface area contributed by atoms with E-state index in [1.54, 1.807) is 6.20 Å². The third-order valence-corrected chi connectivity index (χ3v) is 2.90. The number of nitriles is 1. The predicted molar refractivity (Wildman–Crippen MR) is 80.3 cm³/mol. The van der Waals surface area contributed by atoms with E-state index < -0.39 is 0 Å². The number of hydrogen-bond donors (Lipinski definition) is 1. The molecule has 0 aliphatic rings. The van der Waals surface area contributed by atoms with Crippen LogP contribution in [0.2, 0.25) is 0 Å². The molecule has 0 unspecified atom stereocenters. The van der Waals surface area contributed by atoms with Gasteiger partial charge >= 0.3 is 0 Å². The van der Waals surface area contributed by atoms with Crippen molar-refractivity contribution in [3.63, 3.8) is 0 Å². The summed E-state index contributed by atoms with van der Waals surface area (Å²) < 4.78 is 5.61. The van der Waals surface area contributed by atoms with Crippen LogP contribution in [-0.2, 0) is 6.54 Å². The molecule has 0 saturated carbocycles. The summed E-state index contributed by atoms with van der Waals surface area (Å²) in [6.45, 7) is 11.5. The summed E-state index contributed by atoms with van der Waals surface area (Å²) >= 11 is 0. The highest BCUT2D eigenvalue weighted by Crippen LogP contribution is 2.19. The zero-order chi connectivity index (χ0) is 15.2. The van der Waals surface area contributed by atoms with Gasteiger partial charge in [-0.3, -0.25) is 4.98 Å². The van der Waals surface area contributed by atoms with Crippen molar-refractivity contribution in [1.82, 2.24) is 10.3 Å².